The fourth-order valence-electron chi connectivity index (χ4n) is 0.171. The van der Waals surface area contributed by atoms with Crippen molar-refractivity contribution in [2.75, 3.05) is 0 Å². The van der Waals surface area contributed by atoms with Crippen LogP contribution in [0.25, 0.3) is 0 Å². The Morgan fingerprint density at radius 2 is 2.50 bits per heavy atom. The molecule has 0 spiro atoms. The van der Waals surface area contributed by atoms with Gasteiger partial charge in [0.25, 0.3) is 0 Å². The molecule has 0 atom stereocenters. The molecular formula is C3H8AlO2. The standard InChI is InChI=1S/C3H7.Al.H2O2/c1-3-2;;1-2/h1,3H2,2H3;;1-2H/q;+1;/p-1. The van der Waals surface area contributed by atoms with Crippen LogP contribution in [0.15, 0.2) is 0 Å². The van der Waals surface area contributed by atoms with Gasteiger partial charge in [0.15, 0.2) is 0 Å². The zero-order chi connectivity index (χ0) is 4.83. The quantitative estimate of drug-likeness (QED) is 0.249. The Morgan fingerprint density at radius 1 is 1.83 bits per heavy atom. The molecule has 0 aromatic rings. The summed E-state index contributed by atoms with van der Waals surface area (Å²) in [7, 11) is 0. The van der Waals surface area contributed by atoms with Gasteiger partial charge in [0.1, 0.15) is 0 Å². The van der Waals surface area contributed by atoms with E-state index in [9.17, 15) is 0 Å². The highest BCUT2D eigenvalue weighted by Crippen LogP contribution is 1.82. The van der Waals surface area contributed by atoms with E-state index in [4.69, 9.17) is 5.26 Å². The van der Waals surface area contributed by atoms with Crippen LogP contribution < -0.4 is 0 Å². The summed E-state index contributed by atoms with van der Waals surface area (Å²) in [6.45, 7) is 2.06. The van der Waals surface area contributed by atoms with E-state index in [1.165, 1.54) is 0 Å². The fraction of sp³-hybridized carbons (Fsp3) is 1.00. The van der Waals surface area contributed by atoms with Gasteiger partial charge >= 0.3 is 15.6 Å². The van der Waals surface area contributed by atoms with E-state index in [0.29, 0.717) is 0 Å². The van der Waals surface area contributed by atoms with Gasteiger partial charge in [-0.3, -0.25) is 5.26 Å². The molecule has 0 aromatic carbocycles. The smallest absolute Gasteiger partial charge is 0.387 e. The molecule has 0 aliphatic carbocycles. The van der Waals surface area contributed by atoms with Gasteiger partial charge in [0.2, 0.25) is 0 Å². The van der Waals surface area contributed by atoms with Crippen LogP contribution in [0, 0.1) is 0 Å². The highest BCUT2D eigenvalue weighted by molar-refractivity contribution is 6.26. The minimum atomic E-state index is -0.126. The van der Waals surface area contributed by atoms with Gasteiger partial charge in [-0.15, -0.1) is 0 Å². The van der Waals surface area contributed by atoms with Crippen molar-refractivity contribution in [1.82, 2.24) is 0 Å². The third-order valence-corrected chi connectivity index (χ3v) is 1.44. The van der Waals surface area contributed by atoms with Gasteiger partial charge in [-0.05, 0) is 0 Å². The molecule has 3 heteroatoms. The Bertz CT molecular complexity index is 20.8. The predicted molar refractivity (Wildman–Crippen MR) is 24.6 cm³/mol. The Kier molecular flexibility index (Phi) is 5.86. The van der Waals surface area contributed by atoms with E-state index >= 15 is 0 Å². The van der Waals surface area contributed by atoms with E-state index in [1.807, 2.05) is 0 Å². The maximum Gasteiger partial charge on any atom is 0.481 e. The maximum absolute atomic E-state index is 7.73. The number of hydrogen-bond acceptors (Lipinski definition) is 2. The van der Waals surface area contributed by atoms with Gasteiger partial charge in [0.05, 0.1) is 0 Å². The fourth-order valence-corrected chi connectivity index (χ4v) is 0.512. The van der Waals surface area contributed by atoms with Crippen LogP contribution in [0.5, 0.6) is 0 Å². The highest BCUT2D eigenvalue weighted by atomic mass is 27.1. The first kappa shape index (κ1) is 6.45. The summed E-state index contributed by atoms with van der Waals surface area (Å²) < 4.78 is 3.87. The van der Waals surface area contributed by atoms with Gasteiger partial charge in [-0.1, -0.05) is 18.6 Å². The molecule has 0 unspecified atom stereocenters. The number of hydrogen-bond donors (Lipinski definition) is 1. The molecule has 0 saturated heterocycles. The molecule has 35 valence electrons. The Morgan fingerprint density at radius 3 is 2.67 bits per heavy atom. The molecule has 1 radical (unpaired) electrons. The molecule has 0 aliphatic rings. The third kappa shape index (κ3) is 4.45. The molecule has 0 bridgehead atoms. The average molecular weight is 103 g/mol. The van der Waals surface area contributed by atoms with Crippen molar-refractivity contribution in [1.29, 1.82) is 0 Å². The Balaban J connectivity index is 2.34. The molecular weight excluding hydrogens is 95.0 g/mol. The van der Waals surface area contributed by atoms with Crippen molar-refractivity contribution in [3.05, 3.63) is 0 Å². The maximum atomic E-state index is 7.73. The Labute approximate surface area is 44.1 Å². The van der Waals surface area contributed by atoms with Crippen molar-refractivity contribution >= 4 is 15.6 Å². The monoisotopic (exact) mass is 103 g/mol. The van der Waals surface area contributed by atoms with Gasteiger partial charge < -0.3 is 3.94 Å². The second kappa shape index (κ2) is 5.45. The van der Waals surface area contributed by atoms with Gasteiger partial charge in [-0.25, -0.2) is 0 Å². The summed E-state index contributed by atoms with van der Waals surface area (Å²) in [5.41, 5.74) is 0. The zero-order valence-corrected chi connectivity index (χ0v) is 5.00. The topological polar surface area (TPSA) is 29.5 Å². The summed E-state index contributed by atoms with van der Waals surface area (Å²) in [5, 5.41) is 8.76. The lowest BCUT2D eigenvalue weighted by Gasteiger charge is -1.83. The normalized spacial score (nSPS) is 8.33. The van der Waals surface area contributed by atoms with E-state index in [1.54, 1.807) is 0 Å². The van der Waals surface area contributed by atoms with E-state index in [0.717, 1.165) is 11.7 Å². The molecule has 0 fully saturated rings. The summed E-state index contributed by atoms with van der Waals surface area (Å²) >= 11 is -0.126. The molecule has 0 heterocycles. The third-order valence-electron chi connectivity index (χ3n) is 0.481. The van der Waals surface area contributed by atoms with Crippen LogP contribution >= 0.6 is 0 Å². The summed E-state index contributed by atoms with van der Waals surface area (Å²) in [6.07, 6.45) is 1.11. The SMILES string of the molecule is CC[CH2][Al][O]O. The van der Waals surface area contributed by atoms with Gasteiger partial charge in [-0.2, -0.15) is 0 Å². The van der Waals surface area contributed by atoms with Gasteiger partial charge in [0, 0.05) is 0 Å². The second-order valence-corrected chi connectivity index (χ2v) is 2.18. The summed E-state index contributed by atoms with van der Waals surface area (Å²) in [5.74, 6) is 0. The summed E-state index contributed by atoms with van der Waals surface area (Å²) in [4.78, 5) is 0. The number of rotatable bonds is 3. The molecule has 0 saturated carbocycles. The van der Waals surface area contributed by atoms with Crippen LogP contribution in [0.1, 0.15) is 13.3 Å². The molecule has 0 amide bonds. The second-order valence-electron chi connectivity index (χ2n) is 1.06. The van der Waals surface area contributed by atoms with Crippen LogP contribution in [0.3, 0.4) is 0 Å². The van der Waals surface area contributed by atoms with Crippen molar-refractivity contribution in [3.8, 4) is 0 Å². The van der Waals surface area contributed by atoms with Crippen molar-refractivity contribution < 1.29 is 9.20 Å². The van der Waals surface area contributed by atoms with E-state index < -0.39 is 0 Å². The average Bonchev–Trinajstić information content (AvgIpc) is 1.61. The lowest BCUT2D eigenvalue weighted by Crippen LogP contribution is -1.89. The Hall–Kier alpha value is 0.452. The van der Waals surface area contributed by atoms with Crippen LogP contribution in [0.4, 0.5) is 0 Å². The first-order valence-corrected chi connectivity index (χ1v) is 3.32. The van der Waals surface area contributed by atoms with E-state index in [-0.39, 0.29) is 15.6 Å². The minimum Gasteiger partial charge on any atom is -0.387 e. The molecule has 0 aliphatic heterocycles. The minimum absolute atomic E-state index is 0.126. The molecule has 6 heavy (non-hydrogen) atoms. The molecule has 2 nitrogen and oxygen atoms in total. The highest BCUT2D eigenvalue weighted by Gasteiger charge is 1.86. The van der Waals surface area contributed by atoms with Crippen LogP contribution in [0.2, 0.25) is 5.28 Å². The zero-order valence-electron chi connectivity index (χ0n) is 3.85. The first-order valence-electron chi connectivity index (χ1n) is 2.03. The summed E-state index contributed by atoms with van der Waals surface area (Å²) in [6, 6.07) is 0. The predicted octanol–water partition coefficient (Wildman–Crippen LogP) is 0.923. The largest absolute Gasteiger partial charge is 0.481 e. The molecule has 0 aromatic heterocycles. The first-order chi connectivity index (χ1) is 2.91. The molecule has 1 N–H and O–H groups in total. The van der Waals surface area contributed by atoms with Crippen molar-refractivity contribution in [3.63, 3.8) is 0 Å². The van der Waals surface area contributed by atoms with Crippen LogP contribution in [-0.4, -0.2) is 20.8 Å². The van der Waals surface area contributed by atoms with Crippen molar-refractivity contribution in [2.24, 2.45) is 0 Å². The lowest BCUT2D eigenvalue weighted by molar-refractivity contribution is -0.138. The van der Waals surface area contributed by atoms with E-state index in [2.05, 4.69) is 10.9 Å². The van der Waals surface area contributed by atoms with Crippen LogP contribution in [-0.2, 0) is 3.94 Å². The van der Waals surface area contributed by atoms with Crippen molar-refractivity contribution in [2.45, 2.75) is 18.6 Å². The lowest BCUT2D eigenvalue weighted by atomic mass is 10.6. The molecule has 0 rings (SSSR count).